The number of methoxy groups -OCH3 is 1. The zero-order valence-corrected chi connectivity index (χ0v) is 11.7. The van der Waals surface area contributed by atoms with Gasteiger partial charge in [0.05, 0.1) is 12.4 Å². The average molecular weight is 288 g/mol. The van der Waals surface area contributed by atoms with Crippen LogP contribution in [0.4, 0.5) is 5.69 Å². The van der Waals surface area contributed by atoms with E-state index >= 15 is 0 Å². The Hall–Kier alpha value is -1.15. The lowest BCUT2D eigenvalue weighted by atomic mass is 10.2. The number of nitrogens with one attached hydrogen (secondary N) is 1. The molecule has 1 aromatic carbocycles. The second-order valence-electron chi connectivity index (χ2n) is 4.24. The van der Waals surface area contributed by atoms with E-state index in [-0.39, 0.29) is 19.0 Å². The van der Waals surface area contributed by atoms with Crippen molar-refractivity contribution in [3.05, 3.63) is 29.8 Å². The second kappa shape index (κ2) is 7.44. The number of aliphatic hydroxyl groups is 1. The van der Waals surface area contributed by atoms with Crippen LogP contribution < -0.4 is 10.5 Å². The number of nitrogens with two attached hydrogens (primary N) is 1. The quantitative estimate of drug-likeness (QED) is 0.588. The SMILES string of the molecule is COCC(CCO)NS(=O)(=O)Cc1ccccc1N. The van der Waals surface area contributed by atoms with Crippen LogP contribution in [0.2, 0.25) is 0 Å². The van der Waals surface area contributed by atoms with E-state index in [4.69, 9.17) is 15.6 Å². The van der Waals surface area contributed by atoms with Gasteiger partial charge in [-0.3, -0.25) is 0 Å². The molecular weight excluding hydrogens is 268 g/mol. The Kier molecular flexibility index (Phi) is 6.23. The molecule has 0 heterocycles. The van der Waals surface area contributed by atoms with E-state index < -0.39 is 16.1 Å². The monoisotopic (exact) mass is 288 g/mol. The molecule has 0 aromatic heterocycles. The highest BCUT2D eigenvalue weighted by molar-refractivity contribution is 7.88. The third-order valence-corrected chi connectivity index (χ3v) is 3.98. The Morgan fingerprint density at radius 2 is 2.11 bits per heavy atom. The number of nitrogen functional groups attached to an aromatic ring is 1. The molecule has 7 heteroatoms. The maximum atomic E-state index is 12.0. The van der Waals surface area contributed by atoms with Crippen LogP contribution >= 0.6 is 0 Å². The summed E-state index contributed by atoms with van der Waals surface area (Å²) in [5.74, 6) is -0.189. The molecule has 0 saturated heterocycles. The number of para-hydroxylation sites is 1. The van der Waals surface area contributed by atoms with Crippen molar-refractivity contribution >= 4 is 15.7 Å². The Bertz CT molecular complexity index is 484. The number of hydrogen-bond donors (Lipinski definition) is 3. The Morgan fingerprint density at radius 3 is 2.68 bits per heavy atom. The number of hydrogen-bond acceptors (Lipinski definition) is 5. The van der Waals surface area contributed by atoms with Crippen LogP contribution in [0.1, 0.15) is 12.0 Å². The van der Waals surface area contributed by atoms with Crippen molar-refractivity contribution in [2.45, 2.75) is 18.2 Å². The zero-order valence-electron chi connectivity index (χ0n) is 10.9. The van der Waals surface area contributed by atoms with Gasteiger partial charge in [0.25, 0.3) is 0 Å². The lowest BCUT2D eigenvalue weighted by Gasteiger charge is -2.17. The van der Waals surface area contributed by atoms with Gasteiger partial charge in [0.2, 0.25) is 10.0 Å². The van der Waals surface area contributed by atoms with Crippen LogP contribution in [0.15, 0.2) is 24.3 Å². The molecule has 6 nitrogen and oxygen atoms in total. The van der Waals surface area contributed by atoms with E-state index in [1.165, 1.54) is 7.11 Å². The molecule has 0 fully saturated rings. The number of rotatable bonds is 8. The van der Waals surface area contributed by atoms with Crippen LogP contribution in [0, 0.1) is 0 Å². The van der Waals surface area contributed by atoms with Gasteiger partial charge in [-0.05, 0) is 18.1 Å². The molecule has 108 valence electrons. The fraction of sp³-hybridized carbons (Fsp3) is 0.500. The van der Waals surface area contributed by atoms with Crippen molar-refractivity contribution in [1.82, 2.24) is 4.72 Å². The van der Waals surface area contributed by atoms with Crippen LogP contribution in [-0.2, 0) is 20.5 Å². The summed E-state index contributed by atoms with van der Waals surface area (Å²) in [6, 6.07) is 6.38. The summed E-state index contributed by atoms with van der Waals surface area (Å²) in [7, 11) is -2.04. The van der Waals surface area contributed by atoms with Gasteiger partial charge in [0.15, 0.2) is 0 Å². The predicted octanol–water partition coefficient (Wildman–Crippen LogP) is 0.0856. The summed E-state index contributed by atoms with van der Waals surface area (Å²) in [6.07, 6.45) is 0.303. The molecule has 0 bridgehead atoms. The van der Waals surface area contributed by atoms with E-state index in [0.717, 1.165) is 0 Å². The third-order valence-electron chi connectivity index (χ3n) is 2.59. The summed E-state index contributed by atoms with van der Waals surface area (Å²) >= 11 is 0. The summed E-state index contributed by atoms with van der Waals surface area (Å²) < 4.78 is 31.4. The minimum absolute atomic E-state index is 0.107. The second-order valence-corrected chi connectivity index (χ2v) is 5.99. The fourth-order valence-corrected chi connectivity index (χ4v) is 3.15. The largest absolute Gasteiger partial charge is 0.398 e. The van der Waals surface area contributed by atoms with Gasteiger partial charge in [0, 0.05) is 25.4 Å². The minimum atomic E-state index is -3.52. The molecule has 1 unspecified atom stereocenters. The Morgan fingerprint density at radius 1 is 1.42 bits per heavy atom. The highest BCUT2D eigenvalue weighted by atomic mass is 32.2. The van der Waals surface area contributed by atoms with E-state index in [0.29, 0.717) is 17.7 Å². The smallest absolute Gasteiger partial charge is 0.216 e. The number of benzene rings is 1. The minimum Gasteiger partial charge on any atom is -0.398 e. The number of anilines is 1. The maximum absolute atomic E-state index is 12.0. The molecule has 0 aliphatic rings. The molecule has 4 N–H and O–H groups in total. The Balaban J connectivity index is 2.72. The standard InChI is InChI=1S/C12H20N2O4S/c1-18-8-11(6-7-15)14-19(16,17)9-10-4-2-3-5-12(10)13/h2-5,11,14-15H,6-9,13H2,1H3. The summed E-state index contributed by atoms with van der Waals surface area (Å²) in [5.41, 5.74) is 6.71. The van der Waals surface area contributed by atoms with Crippen LogP contribution in [0.25, 0.3) is 0 Å². The normalized spacial score (nSPS) is 13.4. The molecule has 0 aliphatic heterocycles. The first-order valence-corrected chi connectivity index (χ1v) is 7.57. The molecule has 1 atom stereocenters. The molecular formula is C12H20N2O4S. The highest BCUT2D eigenvalue weighted by Crippen LogP contribution is 2.14. The van der Waals surface area contributed by atoms with Crippen molar-refractivity contribution in [1.29, 1.82) is 0 Å². The zero-order chi connectivity index (χ0) is 14.3. The average Bonchev–Trinajstić information content (AvgIpc) is 2.32. The first kappa shape index (κ1) is 15.9. The van der Waals surface area contributed by atoms with Crippen LogP contribution in [0.3, 0.4) is 0 Å². The lowest BCUT2D eigenvalue weighted by molar-refractivity contribution is 0.158. The lowest BCUT2D eigenvalue weighted by Crippen LogP contribution is -2.39. The summed E-state index contributed by atoms with van der Waals surface area (Å²) in [4.78, 5) is 0. The van der Waals surface area contributed by atoms with E-state index in [9.17, 15) is 8.42 Å². The number of ether oxygens (including phenoxy) is 1. The molecule has 0 radical (unpaired) electrons. The Labute approximate surface area is 113 Å². The molecule has 0 aliphatic carbocycles. The van der Waals surface area contributed by atoms with Gasteiger partial charge in [-0.15, -0.1) is 0 Å². The number of aliphatic hydroxyl groups excluding tert-OH is 1. The first-order valence-electron chi connectivity index (χ1n) is 5.91. The molecule has 0 amide bonds. The highest BCUT2D eigenvalue weighted by Gasteiger charge is 2.19. The van der Waals surface area contributed by atoms with E-state index in [2.05, 4.69) is 4.72 Å². The van der Waals surface area contributed by atoms with Gasteiger partial charge in [-0.25, -0.2) is 13.1 Å². The van der Waals surface area contributed by atoms with Crippen LogP contribution in [-0.4, -0.2) is 39.9 Å². The third kappa shape index (κ3) is 5.56. The number of sulfonamides is 1. The summed E-state index contributed by atoms with van der Waals surface area (Å²) in [5, 5.41) is 8.88. The fourth-order valence-electron chi connectivity index (χ4n) is 1.70. The first-order chi connectivity index (χ1) is 8.98. The molecule has 0 spiro atoms. The molecule has 1 rings (SSSR count). The molecule has 19 heavy (non-hydrogen) atoms. The molecule has 0 saturated carbocycles. The van der Waals surface area contributed by atoms with Crippen molar-refractivity contribution < 1.29 is 18.3 Å². The van der Waals surface area contributed by atoms with Gasteiger partial charge in [-0.1, -0.05) is 18.2 Å². The molecule has 1 aromatic rings. The van der Waals surface area contributed by atoms with Gasteiger partial charge < -0.3 is 15.6 Å². The van der Waals surface area contributed by atoms with Gasteiger partial charge in [-0.2, -0.15) is 0 Å². The topological polar surface area (TPSA) is 102 Å². The van der Waals surface area contributed by atoms with Gasteiger partial charge in [0.1, 0.15) is 0 Å². The predicted molar refractivity (Wildman–Crippen MR) is 74.0 cm³/mol. The maximum Gasteiger partial charge on any atom is 0.216 e. The summed E-state index contributed by atoms with van der Waals surface area (Å²) in [6.45, 7) is 0.105. The van der Waals surface area contributed by atoms with Gasteiger partial charge >= 0.3 is 0 Å². The van der Waals surface area contributed by atoms with E-state index in [1.807, 2.05) is 0 Å². The van der Waals surface area contributed by atoms with Crippen molar-refractivity contribution in [2.24, 2.45) is 0 Å². The van der Waals surface area contributed by atoms with Crippen molar-refractivity contribution in [2.75, 3.05) is 26.1 Å². The van der Waals surface area contributed by atoms with Crippen LogP contribution in [0.5, 0.6) is 0 Å². The van der Waals surface area contributed by atoms with Crippen molar-refractivity contribution in [3.8, 4) is 0 Å². The van der Waals surface area contributed by atoms with E-state index in [1.54, 1.807) is 24.3 Å². The van der Waals surface area contributed by atoms with Crippen molar-refractivity contribution in [3.63, 3.8) is 0 Å².